The standard InChI is InChI=1S/C18H25NO2/c1-18(2,14-6-4-10-19-12-14)17(20)13-5-3-7-16(11-13)21-15-8-9-15/h3,5,7,11,14-15,19H,4,6,8-10,12H2,1-2H3. The fraction of sp³-hybridized carbons (Fsp3) is 0.611. The molecule has 1 atom stereocenters. The minimum atomic E-state index is -0.328. The molecule has 2 fully saturated rings. The summed E-state index contributed by atoms with van der Waals surface area (Å²) in [6, 6.07) is 7.71. The van der Waals surface area contributed by atoms with E-state index in [0.717, 1.165) is 50.1 Å². The molecule has 0 spiro atoms. The fourth-order valence-electron chi connectivity index (χ4n) is 3.11. The summed E-state index contributed by atoms with van der Waals surface area (Å²) in [5.74, 6) is 1.48. The van der Waals surface area contributed by atoms with E-state index in [-0.39, 0.29) is 11.2 Å². The van der Waals surface area contributed by atoms with Gasteiger partial charge in [0.15, 0.2) is 5.78 Å². The van der Waals surface area contributed by atoms with Gasteiger partial charge in [-0.25, -0.2) is 0 Å². The summed E-state index contributed by atoms with van der Waals surface area (Å²) in [6.07, 6.45) is 4.93. The van der Waals surface area contributed by atoms with Crippen LogP contribution in [0, 0.1) is 11.3 Å². The van der Waals surface area contributed by atoms with Crippen LogP contribution in [0.4, 0.5) is 0 Å². The zero-order valence-corrected chi connectivity index (χ0v) is 13.0. The maximum Gasteiger partial charge on any atom is 0.168 e. The van der Waals surface area contributed by atoms with Crippen molar-refractivity contribution in [3.8, 4) is 5.75 Å². The first kappa shape index (κ1) is 14.6. The smallest absolute Gasteiger partial charge is 0.168 e. The summed E-state index contributed by atoms with van der Waals surface area (Å²) in [5.41, 5.74) is 0.453. The Balaban J connectivity index is 1.76. The molecule has 1 aliphatic heterocycles. The molecule has 1 aliphatic carbocycles. The average Bonchev–Trinajstić information content (AvgIpc) is 3.31. The lowest BCUT2D eigenvalue weighted by Crippen LogP contribution is -2.42. The van der Waals surface area contributed by atoms with Crippen molar-refractivity contribution in [2.24, 2.45) is 11.3 Å². The van der Waals surface area contributed by atoms with Gasteiger partial charge in [0, 0.05) is 11.0 Å². The molecule has 1 aromatic rings. The molecular weight excluding hydrogens is 262 g/mol. The number of benzene rings is 1. The maximum atomic E-state index is 12.9. The van der Waals surface area contributed by atoms with Gasteiger partial charge in [-0.3, -0.25) is 4.79 Å². The summed E-state index contributed by atoms with van der Waals surface area (Å²) < 4.78 is 5.81. The third-order valence-electron chi connectivity index (χ3n) is 4.83. The second-order valence-corrected chi connectivity index (χ2v) is 6.94. The molecule has 1 heterocycles. The minimum Gasteiger partial charge on any atom is -0.490 e. The number of hydrogen-bond donors (Lipinski definition) is 1. The Morgan fingerprint density at radius 3 is 2.76 bits per heavy atom. The van der Waals surface area contributed by atoms with E-state index in [1.807, 2.05) is 24.3 Å². The van der Waals surface area contributed by atoms with Crippen molar-refractivity contribution in [3.63, 3.8) is 0 Å². The Morgan fingerprint density at radius 1 is 1.29 bits per heavy atom. The van der Waals surface area contributed by atoms with Gasteiger partial charge in [-0.15, -0.1) is 0 Å². The molecule has 0 aromatic heterocycles. The van der Waals surface area contributed by atoms with E-state index < -0.39 is 0 Å². The van der Waals surface area contributed by atoms with Gasteiger partial charge in [-0.05, 0) is 56.8 Å². The van der Waals surface area contributed by atoms with Gasteiger partial charge in [0.2, 0.25) is 0 Å². The highest BCUT2D eigenvalue weighted by Crippen LogP contribution is 2.36. The highest BCUT2D eigenvalue weighted by atomic mass is 16.5. The van der Waals surface area contributed by atoms with E-state index in [2.05, 4.69) is 19.2 Å². The summed E-state index contributed by atoms with van der Waals surface area (Å²) >= 11 is 0. The molecule has 0 amide bonds. The molecule has 3 heteroatoms. The second kappa shape index (κ2) is 5.80. The van der Waals surface area contributed by atoms with E-state index in [9.17, 15) is 4.79 Å². The molecule has 114 valence electrons. The topological polar surface area (TPSA) is 38.3 Å². The van der Waals surface area contributed by atoms with Crippen molar-refractivity contribution in [1.29, 1.82) is 0 Å². The van der Waals surface area contributed by atoms with Gasteiger partial charge in [0.05, 0.1) is 6.10 Å². The largest absolute Gasteiger partial charge is 0.490 e. The maximum absolute atomic E-state index is 12.9. The lowest BCUT2D eigenvalue weighted by molar-refractivity contribution is 0.0708. The lowest BCUT2D eigenvalue weighted by Gasteiger charge is -2.36. The van der Waals surface area contributed by atoms with Crippen molar-refractivity contribution in [2.75, 3.05) is 13.1 Å². The number of rotatable bonds is 5. The van der Waals surface area contributed by atoms with E-state index in [4.69, 9.17) is 4.74 Å². The van der Waals surface area contributed by atoms with Crippen LogP contribution in [0.2, 0.25) is 0 Å². The van der Waals surface area contributed by atoms with Gasteiger partial charge in [0.1, 0.15) is 5.75 Å². The van der Waals surface area contributed by atoms with Crippen LogP contribution in [0.15, 0.2) is 24.3 Å². The Morgan fingerprint density at radius 2 is 2.10 bits per heavy atom. The predicted molar refractivity (Wildman–Crippen MR) is 83.8 cm³/mol. The molecule has 1 unspecified atom stereocenters. The number of Topliss-reactive ketones (excluding diaryl/α,β-unsaturated/α-hetero) is 1. The number of carbonyl (C=O) groups is 1. The Bertz CT molecular complexity index is 514. The van der Waals surface area contributed by atoms with Gasteiger partial charge >= 0.3 is 0 Å². The normalized spacial score (nSPS) is 22.9. The van der Waals surface area contributed by atoms with Crippen LogP contribution in [-0.2, 0) is 0 Å². The summed E-state index contributed by atoms with van der Waals surface area (Å²) in [7, 11) is 0. The van der Waals surface area contributed by atoms with E-state index in [1.165, 1.54) is 0 Å². The summed E-state index contributed by atoms with van der Waals surface area (Å²) in [6.45, 7) is 6.19. The van der Waals surface area contributed by atoms with Crippen LogP contribution >= 0.6 is 0 Å². The molecular formula is C18H25NO2. The summed E-state index contributed by atoms with van der Waals surface area (Å²) in [5, 5.41) is 3.42. The summed E-state index contributed by atoms with van der Waals surface area (Å²) in [4.78, 5) is 12.9. The van der Waals surface area contributed by atoms with Gasteiger partial charge in [0.25, 0.3) is 0 Å². The van der Waals surface area contributed by atoms with Crippen LogP contribution in [0.3, 0.4) is 0 Å². The van der Waals surface area contributed by atoms with Crippen LogP contribution in [-0.4, -0.2) is 25.0 Å². The number of carbonyl (C=O) groups excluding carboxylic acids is 1. The number of ether oxygens (including phenoxy) is 1. The van der Waals surface area contributed by atoms with Crippen molar-refractivity contribution in [2.45, 2.75) is 45.6 Å². The number of ketones is 1. The first-order valence-corrected chi connectivity index (χ1v) is 8.09. The molecule has 1 saturated carbocycles. The fourth-order valence-corrected chi connectivity index (χ4v) is 3.11. The van der Waals surface area contributed by atoms with Crippen molar-refractivity contribution in [3.05, 3.63) is 29.8 Å². The molecule has 0 bridgehead atoms. The molecule has 0 radical (unpaired) electrons. The first-order valence-electron chi connectivity index (χ1n) is 8.09. The third kappa shape index (κ3) is 3.29. The van der Waals surface area contributed by atoms with E-state index >= 15 is 0 Å². The van der Waals surface area contributed by atoms with Crippen LogP contribution in [0.5, 0.6) is 5.75 Å². The Hall–Kier alpha value is -1.35. The number of nitrogens with one attached hydrogen (secondary N) is 1. The molecule has 2 aliphatic rings. The van der Waals surface area contributed by atoms with Crippen LogP contribution < -0.4 is 10.1 Å². The second-order valence-electron chi connectivity index (χ2n) is 6.94. The van der Waals surface area contributed by atoms with Crippen molar-refractivity contribution < 1.29 is 9.53 Å². The quantitative estimate of drug-likeness (QED) is 0.843. The van der Waals surface area contributed by atoms with Crippen LogP contribution in [0.1, 0.15) is 49.9 Å². The Kier molecular flexibility index (Phi) is 4.03. The highest BCUT2D eigenvalue weighted by molar-refractivity contribution is 6.00. The van der Waals surface area contributed by atoms with E-state index in [1.54, 1.807) is 0 Å². The van der Waals surface area contributed by atoms with Crippen molar-refractivity contribution >= 4 is 5.78 Å². The predicted octanol–water partition coefficient (Wildman–Crippen LogP) is 3.44. The number of piperidine rings is 1. The molecule has 1 N–H and O–H groups in total. The van der Waals surface area contributed by atoms with Gasteiger partial charge in [-0.1, -0.05) is 26.0 Å². The molecule has 1 saturated heterocycles. The minimum absolute atomic E-state index is 0.234. The van der Waals surface area contributed by atoms with Crippen LogP contribution in [0.25, 0.3) is 0 Å². The van der Waals surface area contributed by atoms with Crippen molar-refractivity contribution in [1.82, 2.24) is 5.32 Å². The zero-order chi connectivity index (χ0) is 14.9. The highest BCUT2D eigenvalue weighted by Gasteiger charge is 2.37. The zero-order valence-electron chi connectivity index (χ0n) is 13.0. The molecule has 1 aromatic carbocycles. The van der Waals surface area contributed by atoms with Gasteiger partial charge < -0.3 is 10.1 Å². The average molecular weight is 287 g/mol. The number of hydrogen-bond acceptors (Lipinski definition) is 3. The Labute approximate surface area is 127 Å². The SMILES string of the molecule is CC(C)(C(=O)c1cccc(OC2CC2)c1)C1CCCNC1. The first-order chi connectivity index (χ1) is 10.1. The molecule has 3 rings (SSSR count). The lowest BCUT2D eigenvalue weighted by atomic mass is 9.70. The monoisotopic (exact) mass is 287 g/mol. The third-order valence-corrected chi connectivity index (χ3v) is 4.83. The molecule has 3 nitrogen and oxygen atoms in total. The molecule has 21 heavy (non-hydrogen) atoms. The van der Waals surface area contributed by atoms with E-state index in [0.29, 0.717) is 12.0 Å². The van der Waals surface area contributed by atoms with Gasteiger partial charge in [-0.2, -0.15) is 0 Å².